The average Bonchev–Trinajstić information content (AvgIpc) is 2.26. The van der Waals surface area contributed by atoms with E-state index in [-0.39, 0.29) is 16.7 Å². The molecule has 1 rings (SSSR count). The van der Waals surface area contributed by atoms with E-state index in [0.29, 0.717) is 10.5 Å². The number of benzene rings is 1. The molecule has 4 heteroatoms. The van der Waals surface area contributed by atoms with Gasteiger partial charge in [0.1, 0.15) is 0 Å². The molecule has 0 bridgehead atoms. The van der Waals surface area contributed by atoms with Crippen LogP contribution in [-0.4, -0.2) is 20.9 Å². The predicted molar refractivity (Wildman–Crippen MR) is 75.2 cm³/mol. The summed E-state index contributed by atoms with van der Waals surface area (Å²) in [5.74, 6) is -0.168. The lowest BCUT2D eigenvalue weighted by Crippen LogP contribution is -2.32. The molecule has 0 spiro atoms. The van der Waals surface area contributed by atoms with Crippen molar-refractivity contribution < 1.29 is 9.00 Å². The van der Waals surface area contributed by atoms with Crippen molar-refractivity contribution in [1.29, 1.82) is 0 Å². The molecule has 1 aromatic rings. The Bertz CT molecular complexity index is 461. The van der Waals surface area contributed by atoms with Gasteiger partial charge in [-0.3, -0.25) is 9.00 Å². The zero-order valence-electron chi connectivity index (χ0n) is 11.6. The summed E-state index contributed by atoms with van der Waals surface area (Å²) >= 11 is 0. The minimum atomic E-state index is -1.21. The van der Waals surface area contributed by atoms with Crippen LogP contribution in [0.5, 0.6) is 0 Å². The van der Waals surface area contributed by atoms with Crippen LogP contribution in [0.3, 0.4) is 0 Å². The van der Waals surface area contributed by atoms with E-state index in [4.69, 9.17) is 0 Å². The molecule has 0 aliphatic heterocycles. The SMILES string of the molecule is CC(C)NC(=O)c1ccccc1S(=O)C(C)(C)C. The molecule has 100 valence electrons. The van der Waals surface area contributed by atoms with Crippen LogP contribution in [-0.2, 0) is 10.8 Å². The van der Waals surface area contributed by atoms with E-state index in [1.54, 1.807) is 18.2 Å². The Hall–Kier alpha value is -1.16. The molecule has 0 aliphatic carbocycles. The summed E-state index contributed by atoms with van der Waals surface area (Å²) in [6.45, 7) is 9.52. The van der Waals surface area contributed by atoms with Crippen LogP contribution in [0.15, 0.2) is 29.2 Å². The Labute approximate surface area is 111 Å². The summed E-state index contributed by atoms with van der Waals surface area (Å²) in [6, 6.07) is 7.14. The molecule has 1 unspecified atom stereocenters. The standard InChI is InChI=1S/C14H21NO2S/c1-10(2)15-13(16)11-8-6-7-9-12(11)18(17)14(3,4)5/h6-10H,1-5H3,(H,15,16). The summed E-state index contributed by atoms with van der Waals surface area (Å²) in [7, 11) is -1.21. The molecule has 1 atom stereocenters. The quantitative estimate of drug-likeness (QED) is 0.915. The van der Waals surface area contributed by atoms with E-state index in [1.807, 2.05) is 40.7 Å². The van der Waals surface area contributed by atoms with Gasteiger partial charge in [-0.2, -0.15) is 0 Å². The van der Waals surface area contributed by atoms with E-state index in [2.05, 4.69) is 5.32 Å². The first kappa shape index (κ1) is 14.9. The molecule has 0 aliphatic rings. The minimum Gasteiger partial charge on any atom is -0.350 e. The van der Waals surface area contributed by atoms with Crippen LogP contribution in [0, 0.1) is 0 Å². The fourth-order valence-electron chi connectivity index (χ4n) is 1.49. The third-order valence-electron chi connectivity index (χ3n) is 2.31. The molecule has 0 saturated carbocycles. The molecule has 3 nitrogen and oxygen atoms in total. The third-order valence-corrected chi connectivity index (χ3v) is 4.18. The highest BCUT2D eigenvalue weighted by molar-refractivity contribution is 7.86. The Morgan fingerprint density at radius 1 is 1.22 bits per heavy atom. The summed E-state index contributed by atoms with van der Waals surface area (Å²) in [4.78, 5) is 12.7. The van der Waals surface area contributed by atoms with Gasteiger partial charge in [-0.25, -0.2) is 0 Å². The fraction of sp³-hybridized carbons (Fsp3) is 0.500. The van der Waals surface area contributed by atoms with E-state index in [9.17, 15) is 9.00 Å². The summed E-state index contributed by atoms with van der Waals surface area (Å²) in [5.41, 5.74) is 0.499. The van der Waals surface area contributed by atoms with E-state index in [1.165, 1.54) is 0 Å². The number of rotatable bonds is 3. The van der Waals surface area contributed by atoms with Crippen LogP contribution < -0.4 is 5.32 Å². The zero-order chi connectivity index (χ0) is 13.9. The van der Waals surface area contributed by atoms with Gasteiger partial charge in [0.2, 0.25) is 0 Å². The first-order valence-corrected chi connectivity index (χ1v) is 7.20. The Kier molecular flexibility index (Phi) is 4.68. The van der Waals surface area contributed by atoms with Crippen LogP contribution >= 0.6 is 0 Å². The van der Waals surface area contributed by atoms with Crippen molar-refractivity contribution >= 4 is 16.7 Å². The van der Waals surface area contributed by atoms with Gasteiger partial charge in [0.15, 0.2) is 0 Å². The molecular weight excluding hydrogens is 246 g/mol. The van der Waals surface area contributed by atoms with Gasteiger partial charge in [-0.15, -0.1) is 0 Å². The van der Waals surface area contributed by atoms with Crippen molar-refractivity contribution in [3.63, 3.8) is 0 Å². The van der Waals surface area contributed by atoms with Gasteiger partial charge in [-0.05, 0) is 46.8 Å². The van der Waals surface area contributed by atoms with Crippen molar-refractivity contribution in [2.24, 2.45) is 0 Å². The predicted octanol–water partition coefficient (Wildman–Crippen LogP) is 2.73. The average molecular weight is 267 g/mol. The Balaban J connectivity index is 3.15. The highest BCUT2D eigenvalue weighted by Gasteiger charge is 2.25. The molecule has 0 saturated heterocycles. The topological polar surface area (TPSA) is 46.2 Å². The largest absolute Gasteiger partial charge is 0.350 e. The maximum atomic E-state index is 12.4. The van der Waals surface area contributed by atoms with E-state index < -0.39 is 10.8 Å². The second kappa shape index (κ2) is 5.65. The van der Waals surface area contributed by atoms with E-state index >= 15 is 0 Å². The number of carbonyl (C=O) groups is 1. The molecule has 1 N–H and O–H groups in total. The Morgan fingerprint density at radius 3 is 2.28 bits per heavy atom. The van der Waals surface area contributed by atoms with Crippen molar-refractivity contribution in [2.75, 3.05) is 0 Å². The van der Waals surface area contributed by atoms with Crippen LogP contribution in [0.25, 0.3) is 0 Å². The van der Waals surface area contributed by atoms with Crippen LogP contribution in [0.4, 0.5) is 0 Å². The summed E-state index contributed by atoms with van der Waals surface area (Å²) in [5, 5.41) is 2.83. The third kappa shape index (κ3) is 3.67. The summed E-state index contributed by atoms with van der Waals surface area (Å²) in [6.07, 6.45) is 0. The second-order valence-corrected chi connectivity index (χ2v) is 7.71. The number of nitrogens with one attached hydrogen (secondary N) is 1. The van der Waals surface area contributed by atoms with Crippen molar-refractivity contribution in [2.45, 2.75) is 50.3 Å². The lowest BCUT2D eigenvalue weighted by Gasteiger charge is -2.20. The van der Waals surface area contributed by atoms with E-state index in [0.717, 1.165) is 0 Å². The maximum absolute atomic E-state index is 12.4. The van der Waals surface area contributed by atoms with Gasteiger partial charge < -0.3 is 5.32 Å². The smallest absolute Gasteiger partial charge is 0.252 e. The highest BCUT2D eigenvalue weighted by atomic mass is 32.2. The van der Waals surface area contributed by atoms with Crippen LogP contribution in [0.1, 0.15) is 45.0 Å². The molecule has 0 heterocycles. The molecule has 0 radical (unpaired) electrons. The molecule has 18 heavy (non-hydrogen) atoms. The second-order valence-electron chi connectivity index (χ2n) is 5.51. The highest BCUT2D eigenvalue weighted by Crippen LogP contribution is 2.23. The van der Waals surface area contributed by atoms with Crippen molar-refractivity contribution in [1.82, 2.24) is 5.32 Å². The van der Waals surface area contributed by atoms with Gasteiger partial charge >= 0.3 is 0 Å². The van der Waals surface area contributed by atoms with Crippen LogP contribution in [0.2, 0.25) is 0 Å². The molecular formula is C14H21NO2S. The van der Waals surface area contributed by atoms with Crippen molar-refractivity contribution in [3.05, 3.63) is 29.8 Å². The van der Waals surface area contributed by atoms with Gasteiger partial charge in [0.05, 0.1) is 21.3 Å². The number of hydrogen-bond donors (Lipinski definition) is 1. The monoisotopic (exact) mass is 267 g/mol. The number of hydrogen-bond acceptors (Lipinski definition) is 2. The minimum absolute atomic E-state index is 0.0635. The number of carbonyl (C=O) groups excluding carboxylic acids is 1. The Morgan fingerprint density at radius 2 is 1.78 bits per heavy atom. The molecule has 0 aromatic heterocycles. The molecule has 1 amide bonds. The fourth-order valence-corrected chi connectivity index (χ4v) is 2.71. The van der Waals surface area contributed by atoms with Gasteiger partial charge in [-0.1, -0.05) is 12.1 Å². The molecule has 0 fully saturated rings. The molecule has 1 aromatic carbocycles. The number of amides is 1. The van der Waals surface area contributed by atoms with Crippen molar-refractivity contribution in [3.8, 4) is 0 Å². The lowest BCUT2D eigenvalue weighted by atomic mass is 10.2. The lowest BCUT2D eigenvalue weighted by molar-refractivity contribution is 0.0940. The van der Waals surface area contributed by atoms with Gasteiger partial charge in [0, 0.05) is 10.8 Å². The first-order valence-electron chi connectivity index (χ1n) is 6.05. The normalized spacial score (nSPS) is 13.4. The summed E-state index contributed by atoms with van der Waals surface area (Å²) < 4.78 is 12.0. The zero-order valence-corrected chi connectivity index (χ0v) is 12.4. The maximum Gasteiger partial charge on any atom is 0.252 e. The van der Waals surface area contributed by atoms with Gasteiger partial charge in [0.25, 0.3) is 5.91 Å². The first-order chi connectivity index (χ1) is 8.23.